The van der Waals surface area contributed by atoms with E-state index in [0.29, 0.717) is 55.8 Å². The first kappa shape index (κ1) is 28.7. The van der Waals surface area contributed by atoms with Crippen molar-refractivity contribution in [3.63, 3.8) is 0 Å². The normalized spacial score (nSPS) is 18.8. The third-order valence-electron chi connectivity index (χ3n) is 9.24. The maximum absolute atomic E-state index is 14.0. The fourth-order valence-corrected chi connectivity index (χ4v) is 8.06. The predicted octanol–water partition coefficient (Wildman–Crippen LogP) is 6.29. The maximum atomic E-state index is 14.0. The Bertz CT molecular complexity index is 2000. The molecule has 3 atom stereocenters. The van der Waals surface area contributed by atoms with Crippen molar-refractivity contribution in [3.8, 4) is 21.9 Å². The molecular weight excluding hydrogens is 605 g/mol. The maximum Gasteiger partial charge on any atom is 0.261 e. The quantitative estimate of drug-likeness (QED) is 0.216. The van der Waals surface area contributed by atoms with Gasteiger partial charge in [-0.15, -0.1) is 21.5 Å². The van der Waals surface area contributed by atoms with E-state index in [9.17, 15) is 19.1 Å². The Labute approximate surface area is 268 Å². The van der Waals surface area contributed by atoms with E-state index in [1.54, 1.807) is 25.1 Å². The molecule has 8 rings (SSSR count). The second-order valence-corrected chi connectivity index (χ2v) is 13.1. The van der Waals surface area contributed by atoms with Crippen LogP contribution in [-0.2, 0) is 12.8 Å². The second-order valence-electron chi connectivity index (χ2n) is 12.1. The van der Waals surface area contributed by atoms with Crippen molar-refractivity contribution in [2.75, 3.05) is 6.54 Å². The summed E-state index contributed by atoms with van der Waals surface area (Å²) >= 11 is 1.29. The zero-order valence-corrected chi connectivity index (χ0v) is 25.8. The van der Waals surface area contributed by atoms with Crippen LogP contribution >= 0.6 is 11.3 Å². The average Bonchev–Trinajstić information content (AvgIpc) is 3.89. The standard InChI is InChI=1S/C35H30FN5O4S/c1-18-39-40-34(45-18)29-24(17-26(42)20-8-11-21(36)12-9-20)37-32-25-7-4-16-41(25)35(44)31(32)30(29)27-14-15-28(46-27)33(43)38-23-13-10-19-5-2-3-6-22(19)23/h2-3,5-6,8-9,11-12,14-15,23,25-26,42H,4,7,10,13,16-17H2,1H3,(H,38,43). The van der Waals surface area contributed by atoms with E-state index in [-0.39, 0.29) is 36.2 Å². The molecule has 2 aromatic carbocycles. The summed E-state index contributed by atoms with van der Waals surface area (Å²) in [6, 6.07) is 17.2. The third kappa shape index (κ3) is 4.81. The monoisotopic (exact) mass is 635 g/mol. The molecule has 0 saturated carbocycles. The van der Waals surface area contributed by atoms with Gasteiger partial charge in [0.15, 0.2) is 0 Å². The van der Waals surface area contributed by atoms with Gasteiger partial charge in [-0.1, -0.05) is 36.4 Å². The fraction of sp³-hybridized carbons (Fsp3) is 0.286. The molecule has 5 heterocycles. The molecule has 3 unspecified atom stereocenters. The Balaban J connectivity index is 1.24. The number of aromatic nitrogens is 3. The van der Waals surface area contributed by atoms with Crippen LogP contribution in [0.5, 0.6) is 0 Å². The van der Waals surface area contributed by atoms with E-state index in [4.69, 9.17) is 9.40 Å². The van der Waals surface area contributed by atoms with Gasteiger partial charge >= 0.3 is 0 Å². The van der Waals surface area contributed by atoms with Crippen molar-refractivity contribution in [2.45, 2.75) is 57.2 Å². The van der Waals surface area contributed by atoms with Crippen molar-refractivity contribution in [3.05, 3.63) is 111 Å². The first-order valence-corrected chi connectivity index (χ1v) is 16.3. The van der Waals surface area contributed by atoms with Crippen LogP contribution in [0.15, 0.2) is 65.1 Å². The van der Waals surface area contributed by atoms with Crippen molar-refractivity contribution in [1.29, 1.82) is 0 Å². The molecule has 3 aliphatic rings. The van der Waals surface area contributed by atoms with Crippen LogP contribution in [0.25, 0.3) is 21.9 Å². The zero-order chi connectivity index (χ0) is 31.5. The van der Waals surface area contributed by atoms with Gasteiger partial charge in [0.1, 0.15) is 5.82 Å². The second kappa shape index (κ2) is 11.3. The molecule has 46 heavy (non-hydrogen) atoms. The number of nitrogens with zero attached hydrogens (tertiary/aromatic N) is 4. The van der Waals surface area contributed by atoms with Crippen molar-refractivity contribution in [2.24, 2.45) is 0 Å². The number of benzene rings is 2. The number of aliphatic hydroxyl groups excluding tert-OH is 1. The first-order valence-electron chi connectivity index (χ1n) is 15.5. The molecule has 232 valence electrons. The number of nitrogens with one attached hydrogen (secondary N) is 1. The molecule has 9 nitrogen and oxygen atoms in total. The Kier molecular flexibility index (Phi) is 7.02. The van der Waals surface area contributed by atoms with E-state index >= 15 is 0 Å². The lowest BCUT2D eigenvalue weighted by Gasteiger charge is -2.18. The van der Waals surface area contributed by atoms with Crippen LogP contribution in [0.3, 0.4) is 0 Å². The number of hydrogen-bond donors (Lipinski definition) is 2. The number of thiophene rings is 1. The van der Waals surface area contributed by atoms with Crippen LogP contribution < -0.4 is 5.32 Å². The smallest absolute Gasteiger partial charge is 0.261 e. The fourth-order valence-electron chi connectivity index (χ4n) is 7.09. The molecule has 1 aliphatic carbocycles. The van der Waals surface area contributed by atoms with E-state index in [0.717, 1.165) is 31.2 Å². The summed E-state index contributed by atoms with van der Waals surface area (Å²) in [6.07, 6.45) is 2.46. The lowest BCUT2D eigenvalue weighted by atomic mass is 9.92. The molecule has 2 N–H and O–H groups in total. The van der Waals surface area contributed by atoms with E-state index in [1.807, 2.05) is 23.1 Å². The highest BCUT2D eigenvalue weighted by atomic mass is 32.1. The summed E-state index contributed by atoms with van der Waals surface area (Å²) in [5, 5.41) is 22.9. The molecular formula is C35H30FN5O4S. The summed E-state index contributed by atoms with van der Waals surface area (Å²) < 4.78 is 19.6. The Morgan fingerprint density at radius 3 is 2.72 bits per heavy atom. The number of rotatable bonds is 7. The molecule has 2 aliphatic heterocycles. The number of amides is 2. The van der Waals surface area contributed by atoms with Gasteiger partial charge in [0.2, 0.25) is 11.8 Å². The molecule has 0 radical (unpaired) electrons. The molecule has 3 aromatic heterocycles. The van der Waals surface area contributed by atoms with E-state index in [2.05, 4.69) is 27.6 Å². The summed E-state index contributed by atoms with van der Waals surface area (Å²) in [7, 11) is 0. The minimum absolute atomic E-state index is 0.0589. The number of aliphatic hydroxyl groups is 1. The Morgan fingerprint density at radius 2 is 1.91 bits per heavy atom. The highest BCUT2D eigenvalue weighted by Gasteiger charge is 2.45. The van der Waals surface area contributed by atoms with Crippen LogP contribution in [0.2, 0.25) is 0 Å². The zero-order valence-electron chi connectivity index (χ0n) is 25.0. The minimum Gasteiger partial charge on any atom is -0.421 e. The molecule has 2 amide bonds. The predicted molar refractivity (Wildman–Crippen MR) is 169 cm³/mol. The summed E-state index contributed by atoms with van der Waals surface area (Å²) in [4.78, 5) is 35.7. The highest BCUT2D eigenvalue weighted by molar-refractivity contribution is 7.17. The minimum atomic E-state index is -1.02. The van der Waals surface area contributed by atoms with Gasteiger partial charge in [-0.25, -0.2) is 4.39 Å². The molecule has 0 bridgehead atoms. The van der Waals surface area contributed by atoms with Crippen LogP contribution in [0.1, 0.15) is 91.4 Å². The van der Waals surface area contributed by atoms with Gasteiger partial charge in [-0.3, -0.25) is 14.6 Å². The van der Waals surface area contributed by atoms with Crippen molar-refractivity contribution < 1.29 is 23.5 Å². The van der Waals surface area contributed by atoms with Crippen LogP contribution in [0, 0.1) is 12.7 Å². The summed E-state index contributed by atoms with van der Waals surface area (Å²) in [5.74, 6) is -0.194. The average molecular weight is 636 g/mol. The molecule has 0 spiro atoms. The molecule has 1 fully saturated rings. The van der Waals surface area contributed by atoms with Crippen molar-refractivity contribution >= 4 is 23.2 Å². The van der Waals surface area contributed by atoms with Crippen molar-refractivity contribution in [1.82, 2.24) is 25.4 Å². The number of pyridine rings is 1. The molecule has 1 saturated heterocycles. The van der Waals surface area contributed by atoms with Crippen LogP contribution in [-0.4, -0.2) is 43.5 Å². The Morgan fingerprint density at radius 1 is 1.09 bits per heavy atom. The largest absolute Gasteiger partial charge is 0.421 e. The van der Waals surface area contributed by atoms with E-state index < -0.39 is 11.9 Å². The Hall–Kier alpha value is -4.74. The van der Waals surface area contributed by atoms with E-state index in [1.165, 1.54) is 29.0 Å². The number of carbonyl (C=O) groups excluding carboxylic acids is 2. The first-order chi connectivity index (χ1) is 22.4. The van der Waals surface area contributed by atoms with Gasteiger partial charge in [0.25, 0.3) is 11.8 Å². The van der Waals surface area contributed by atoms with Gasteiger partial charge in [-0.05, 0) is 66.6 Å². The third-order valence-corrected chi connectivity index (χ3v) is 10.3. The van der Waals surface area contributed by atoms with Gasteiger partial charge in [-0.2, -0.15) is 0 Å². The molecule has 5 aromatic rings. The number of fused-ring (bicyclic) bond motifs is 4. The number of hydrogen-bond acceptors (Lipinski definition) is 8. The molecule has 11 heteroatoms. The number of aryl methyl sites for hydroxylation is 2. The number of carbonyl (C=O) groups is 2. The number of halogens is 1. The van der Waals surface area contributed by atoms with Gasteiger partial charge < -0.3 is 19.7 Å². The lowest BCUT2D eigenvalue weighted by Crippen LogP contribution is -2.26. The topological polar surface area (TPSA) is 121 Å². The summed E-state index contributed by atoms with van der Waals surface area (Å²) in [5.41, 5.74) is 5.55. The summed E-state index contributed by atoms with van der Waals surface area (Å²) in [6.45, 7) is 2.31. The van der Waals surface area contributed by atoms with Crippen LogP contribution in [0.4, 0.5) is 4.39 Å². The lowest BCUT2D eigenvalue weighted by molar-refractivity contribution is 0.0775. The van der Waals surface area contributed by atoms with Gasteiger partial charge in [0, 0.05) is 30.3 Å². The highest BCUT2D eigenvalue weighted by Crippen LogP contribution is 2.49. The SMILES string of the molecule is Cc1nnc(-c2c(CC(O)c3ccc(F)cc3)nc3c(c2-c2ccc(C(=O)NC4CCc5ccccc54)s2)C(=O)N2CCCC32)o1. The van der Waals surface area contributed by atoms with Gasteiger partial charge in [0.05, 0.1) is 45.6 Å².